The highest BCUT2D eigenvalue weighted by Gasteiger charge is 2.09. The molecule has 0 radical (unpaired) electrons. The van der Waals surface area contributed by atoms with Crippen LogP contribution in [-0.4, -0.2) is 20.7 Å². The Bertz CT molecular complexity index is 405. The number of rotatable bonds is 3. The van der Waals surface area contributed by atoms with E-state index < -0.39 is 23.0 Å². The van der Waals surface area contributed by atoms with Gasteiger partial charge in [-0.05, 0) is 30.7 Å². The van der Waals surface area contributed by atoms with Gasteiger partial charge in [-0.2, -0.15) is 0 Å². The zero-order valence-electron chi connectivity index (χ0n) is 7.90. The average Bonchev–Trinajstić information content (AvgIpc) is 2.18. The van der Waals surface area contributed by atoms with Gasteiger partial charge in [0.1, 0.15) is 0 Å². The van der Waals surface area contributed by atoms with Crippen LogP contribution in [0.5, 0.6) is 0 Å². The fourth-order valence-corrected chi connectivity index (χ4v) is 1.28. The summed E-state index contributed by atoms with van der Waals surface area (Å²) in [5, 5.41) is 0.553. The van der Waals surface area contributed by atoms with Gasteiger partial charge in [0.25, 0.3) is 0 Å². The second kappa shape index (κ2) is 5.25. The molecule has 0 saturated heterocycles. The lowest BCUT2D eigenvalue weighted by atomic mass is 10.1. The number of hydrogen-bond acceptors (Lipinski definition) is 3. The molecule has 0 fully saturated rings. The normalized spacial score (nSPS) is 12.2. The van der Waals surface area contributed by atoms with Gasteiger partial charge in [-0.3, -0.25) is 0 Å². The smallest absolute Gasteiger partial charge is 0.339 e. The first-order valence-electron chi connectivity index (χ1n) is 4.01. The van der Waals surface area contributed by atoms with Gasteiger partial charge in [-0.25, -0.2) is 9.00 Å². The van der Waals surface area contributed by atoms with Crippen LogP contribution in [0.15, 0.2) is 18.2 Å². The van der Waals surface area contributed by atoms with Crippen molar-refractivity contribution in [2.75, 3.05) is 5.94 Å². The van der Waals surface area contributed by atoms with Crippen LogP contribution in [0.3, 0.4) is 0 Å². The molecule has 15 heavy (non-hydrogen) atoms. The lowest BCUT2D eigenvalue weighted by molar-refractivity contribution is 0.0570. The molecule has 0 aromatic heterocycles. The van der Waals surface area contributed by atoms with Crippen LogP contribution in [0.1, 0.15) is 15.9 Å². The Labute approximate surface area is 94.5 Å². The largest absolute Gasteiger partial charge is 0.446 e. The third kappa shape index (κ3) is 3.62. The summed E-state index contributed by atoms with van der Waals surface area (Å²) in [6, 6.07) is 4.63. The van der Waals surface area contributed by atoms with Crippen LogP contribution in [0, 0.1) is 6.92 Å². The molecule has 0 aliphatic heterocycles. The van der Waals surface area contributed by atoms with Gasteiger partial charge in [-0.1, -0.05) is 11.6 Å². The number of halogens is 1. The molecule has 1 unspecified atom stereocenters. The standard InChI is InChI=1S/C9H9ClO4S/c1-6-4-7(2-3-8(6)10)9(11)14-5-15(12)13/h2-4H,5H2,1H3,(H,12,13). The van der Waals surface area contributed by atoms with Gasteiger partial charge in [0, 0.05) is 5.02 Å². The molecule has 6 heteroatoms. The lowest BCUT2D eigenvalue weighted by Gasteiger charge is -2.03. The van der Waals surface area contributed by atoms with Crippen LogP contribution in [0.2, 0.25) is 5.02 Å². The molecule has 0 aliphatic carbocycles. The van der Waals surface area contributed by atoms with E-state index in [0.29, 0.717) is 10.6 Å². The van der Waals surface area contributed by atoms with Crippen LogP contribution in [0.25, 0.3) is 0 Å². The Morgan fingerprint density at radius 2 is 2.27 bits per heavy atom. The van der Waals surface area contributed by atoms with Crippen molar-refractivity contribution in [1.29, 1.82) is 0 Å². The van der Waals surface area contributed by atoms with E-state index in [4.69, 9.17) is 16.2 Å². The van der Waals surface area contributed by atoms with Crippen LogP contribution in [-0.2, 0) is 15.8 Å². The van der Waals surface area contributed by atoms with Crippen LogP contribution in [0.4, 0.5) is 0 Å². The molecular formula is C9H9ClO4S. The van der Waals surface area contributed by atoms with E-state index in [-0.39, 0.29) is 0 Å². The van der Waals surface area contributed by atoms with Gasteiger partial charge in [0.05, 0.1) is 5.56 Å². The molecule has 0 bridgehead atoms. The molecule has 0 amide bonds. The summed E-state index contributed by atoms with van der Waals surface area (Å²) in [5.41, 5.74) is 1.05. The molecular weight excluding hydrogens is 240 g/mol. The highest BCUT2D eigenvalue weighted by atomic mass is 35.5. The summed E-state index contributed by atoms with van der Waals surface area (Å²) >= 11 is 3.63. The van der Waals surface area contributed by atoms with Crippen molar-refractivity contribution in [3.05, 3.63) is 34.3 Å². The molecule has 1 aromatic carbocycles. The zero-order valence-corrected chi connectivity index (χ0v) is 9.47. The van der Waals surface area contributed by atoms with Gasteiger partial charge in [-0.15, -0.1) is 0 Å². The molecule has 1 rings (SSSR count). The number of benzene rings is 1. The van der Waals surface area contributed by atoms with Gasteiger partial charge in [0.2, 0.25) is 0 Å². The van der Waals surface area contributed by atoms with E-state index in [2.05, 4.69) is 4.74 Å². The first kappa shape index (κ1) is 12.2. The minimum absolute atomic E-state index is 0.308. The van der Waals surface area contributed by atoms with Crippen molar-refractivity contribution in [3.63, 3.8) is 0 Å². The summed E-state index contributed by atoms with van der Waals surface area (Å²) in [6.07, 6.45) is 0. The second-order valence-electron chi connectivity index (χ2n) is 2.84. The average molecular weight is 249 g/mol. The topological polar surface area (TPSA) is 63.6 Å². The maximum atomic E-state index is 11.3. The molecule has 1 N–H and O–H groups in total. The van der Waals surface area contributed by atoms with Crippen molar-refractivity contribution in [3.8, 4) is 0 Å². The molecule has 0 heterocycles. The maximum Gasteiger partial charge on any atom is 0.339 e. The first-order chi connectivity index (χ1) is 7.00. The third-order valence-corrected chi connectivity index (χ3v) is 2.43. The van der Waals surface area contributed by atoms with Gasteiger partial charge in [0.15, 0.2) is 17.0 Å². The quantitative estimate of drug-likeness (QED) is 0.656. The summed E-state index contributed by atoms with van der Waals surface area (Å²) in [5.74, 6) is -1.17. The molecule has 82 valence electrons. The number of esters is 1. The molecule has 0 saturated carbocycles. The Kier molecular flexibility index (Phi) is 4.26. The van der Waals surface area contributed by atoms with E-state index in [1.165, 1.54) is 6.07 Å². The fourth-order valence-electron chi connectivity index (χ4n) is 0.959. The molecule has 1 atom stereocenters. The summed E-state index contributed by atoms with van der Waals surface area (Å²) in [4.78, 5) is 11.3. The highest BCUT2D eigenvalue weighted by Crippen LogP contribution is 2.16. The van der Waals surface area contributed by atoms with Gasteiger partial charge >= 0.3 is 5.97 Å². The van der Waals surface area contributed by atoms with Crippen molar-refractivity contribution in [1.82, 2.24) is 0 Å². The Morgan fingerprint density at radius 1 is 1.60 bits per heavy atom. The van der Waals surface area contributed by atoms with Crippen molar-refractivity contribution >= 4 is 28.7 Å². The number of ether oxygens (including phenoxy) is 1. The van der Waals surface area contributed by atoms with E-state index in [1.54, 1.807) is 19.1 Å². The third-order valence-electron chi connectivity index (χ3n) is 1.68. The van der Waals surface area contributed by atoms with Gasteiger partial charge < -0.3 is 9.29 Å². The monoisotopic (exact) mass is 248 g/mol. The molecule has 0 spiro atoms. The predicted molar refractivity (Wildman–Crippen MR) is 57.2 cm³/mol. The van der Waals surface area contributed by atoms with E-state index in [1.807, 2.05) is 0 Å². The minimum Gasteiger partial charge on any atom is -0.446 e. The van der Waals surface area contributed by atoms with E-state index in [0.717, 1.165) is 5.56 Å². The maximum absolute atomic E-state index is 11.3. The van der Waals surface area contributed by atoms with Crippen molar-refractivity contribution < 1.29 is 18.3 Å². The number of hydrogen-bond donors (Lipinski definition) is 1. The highest BCUT2D eigenvalue weighted by molar-refractivity contribution is 7.79. The fraction of sp³-hybridized carbons (Fsp3) is 0.222. The zero-order chi connectivity index (χ0) is 11.4. The Balaban J connectivity index is 2.74. The minimum atomic E-state index is -2.14. The van der Waals surface area contributed by atoms with Crippen molar-refractivity contribution in [2.24, 2.45) is 0 Å². The van der Waals surface area contributed by atoms with E-state index in [9.17, 15) is 9.00 Å². The van der Waals surface area contributed by atoms with Crippen LogP contribution < -0.4 is 0 Å². The second-order valence-corrected chi connectivity index (χ2v) is 4.12. The number of aryl methyl sites for hydroxylation is 1. The van der Waals surface area contributed by atoms with Crippen molar-refractivity contribution in [2.45, 2.75) is 6.92 Å². The number of carbonyl (C=O) groups excluding carboxylic acids is 1. The summed E-state index contributed by atoms with van der Waals surface area (Å²) in [6.45, 7) is 1.75. The molecule has 0 aliphatic rings. The summed E-state index contributed by atoms with van der Waals surface area (Å²) < 4.78 is 23.2. The summed E-state index contributed by atoms with van der Waals surface area (Å²) in [7, 11) is 0. The van der Waals surface area contributed by atoms with Crippen LogP contribution >= 0.6 is 11.6 Å². The predicted octanol–water partition coefficient (Wildman–Crippen LogP) is 1.98. The Hall–Kier alpha value is -0.910. The molecule has 1 aromatic rings. The van der Waals surface area contributed by atoms with E-state index >= 15 is 0 Å². The SMILES string of the molecule is Cc1cc(C(=O)OCS(=O)O)ccc1Cl. The number of carbonyl (C=O) groups is 1. The molecule has 4 nitrogen and oxygen atoms in total. The Morgan fingerprint density at radius 3 is 2.80 bits per heavy atom. The lowest BCUT2D eigenvalue weighted by Crippen LogP contribution is -2.09. The first-order valence-corrected chi connectivity index (χ1v) is 5.67.